The minimum absolute atomic E-state index is 0.0355. The Labute approximate surface area is 135 Å². The smallest absolute Gasteiger partial charge is 0.220 e. The van der Waals surface area contributed by atoms with Gasteiger partial charge in [0.25, 0.3) is 0 Å². The van der Waals surface area contributed by atoms with Crippen LogP contribution in [0, 0.1) is 0 Å². The summed E-state index contributed by atoms with van der Waals surface area (Å²) in [4.78, 5) is 2.22. The van der Waals surface area contributed by atoms with E-state index in [-0.39, 0.29) is 22.1 Å². The number of sulfonamides is 1. The van der Waals surface area contributed by atoms with Gasteiger partial charge in [-0.25, -0.2) is 8.42 Å². The fourth-order valence-corrected chi connectivity index (χ4v) is 5.16. The maximum absolute atomic E-state index is 12.8. The van der Waals surface area contributed by atoms with E-state index in [4.69, 9.17) is 0 Å². The van der Waals surface area contributed by atoms with Crippen molar-refractivity contribution in [3.8, 4) is 0 Å². The van der Waals surface area contributed by atoms with Gasteiger partial charge >= 0.3 is 0 Å². The third-order valence-electron chi connectivity index (χ3n) is 4.64. The van der Waals surface area contributed by atoms with Crippen molar-refractivity contribution in [2.75, 3.05) is 19.6 Å². The minimum atomic E-state index is -3.19. The number of rotatable bonds is 3. The van der Waals surface area contributed by atoms with Crippen LogP contribution in [0.4, 0.5) is 0 Å². The van der Waals surface area contributed by atoms with Gasteiger partial charge in [-0.2, -0.15) is 16.9 Å². The zero-order valence-electron chi connectivity index (χ0n) is 13.7. The summed E-state index contributed by atoms with van der Waals surface area (Å²) in [5.41, 5.74) is 1.30. The van der Waals surface area contributed by atoms with E-state index in [1.54, 1.807) is 4.31 Å². The molecule has 0 bridgehead atoms. The molecule has 4 nitrogen and oxygen atoms in total. The van der Waals surface area contributed by atoms with E-state index in [9.17, 15) is 8.42 Å². The van der Waals surface area contributed by atoms with Gasteiger partial charge in [-0.05, 0) is 41.0 Å². The topological polar surface area (TPSA) is 40.6 Å². The van der Waals surface area contributed by atoms with Gasteiger partial charge < -0.3 is 0 Å². The summed E-state index contributed by atoms with van der Waals surface area (Å²) in [6, 6.07) is 0.0355. The second kappa shape index (κ2) is 5.87. The van der Waals surface area contributed by atoms with Gasteiger partial charge in [0.1, 0.15) is 5.25 Å². The van der Waals surface area contributed by atoms with E-state index in [0.29, 0.717) is 19.6 Å². The monoisotopic (exact) mass is 332 g/mol. The maximum atomic E-state index is 12.8. The first kappa shape index (κ1) is 17.3. The molecule has 0 aliphatic carbocycles. The highest BCUT2D eigenvalue weighted by molar-refractivity contribution is 7.89. The Morgan fingerprint density at radius 1 is 1.33 bits per heavy atom. The first-order valence-electron chi connectivity index (χ1n) is 7.66. The molecule has 1 fully saturated rings. The largest absolute Gasteiger partial charge is 0.296 e. The number of hydrogen-bond acceptors (Lipinski definition) is 4. The fraction of sp³-hybridized carbons (Fsp3) is 0.867. The Hall–Kier alpha value is -0.0400. The van der Waals surface area contributed by atoms with Gasteiger partial charge in [0, 0.05) is 36.5 Å². The summed E-state index contributed by atoms with van der Waals surface area (Å²) in [7, 11) is -3.19. The SMILES string of the molecule is CC(S)C1=CCN(S(=O)(=O)C2CN(C(C)(C)C)C2)C(C)C1. The van der Waals surface area contributed by atoms with Gasteiger partial charge in [-0.15, -0.1) is 0 Å². The van der Waals surface area contributed by atoms with Crippen molar-refractivity contribution in [1.82, 2.24) is 9.21 Å². The molecule has 0 aromatic carbocycles. The van der Waals surface area contributed by atoms with Crippen molar-refractivity contribution in [1.29, 1.82) is 0 Å². The molecule has 2 unspecified atom stereocenters. The van der Waals surface area contributed by atoms with Crippen LogP contribution in [0.2, 0.25) is 0 Å². The predicted molar refractivity (Wildman–Crippen MR) is 91.3 cm³/mol. The van der Waals surface area contributed by atoms with Crippen molar-refractivity contribution in [3.05, 3.63) is 11.6 Å². The van der Waals surface area contributed by atoms with Crippen LogP contribution in [0.5, 0.6) is 0 Å². The normalized spacial score (nSPS) is 28.1. The van der Waals surface area contributed by atoms with E-state index in [1.165, 1.54) is 5.57 Å². The summed E-state index contributed by atoms with van der Waals surface area (Å²) < 4.78 is 27.2. The zero-order chi connectivity index (χ0) is 16.0. The average molecular weight is 333 g/mol. The summed E-state index contributed by atoms with van der Waals surface area (Å²) in [6.07, 6.45) is 2.83. The minimum Gasteiger partial charge on any atom is -0.296 e. The highest BCUT2D eigenvalue weighted by atomic mass is 32.2. The zero-order valence-corrected chi connectivity index (χ0v) is 15.4. The first-order valence-corrected chi connectivity index (χ1v) is 9.68. The number of thiol groups is 1. The lowest BCUT2D eigenvalue weighted by molar-refractivity contribution is 0.0699. The summed E-state index contributed by atoms with van der Waals surface area (Å²) in [5, 5.41) is -0.0417. The molecular formula is C15H28N2O2S2. The molecular weight excluding hydrogens is 304 g/mol. The van der Waals surface area contributed by atoms with Crippen LogP contribution in [0.15, 0.2) is 11.6 Å². The van der Waals surface area contributed by atoms with Gasteiger partial charge in [-0.3, -0.25) is 4.90 Å². The van der Waals surface area contributed by atoms with E-state index >= 15 is 0 Å². The summed E-state index contributed by atoms with van der Waals surface area (Å²) >= 11 is 4.45. The Morgan fingerprint density at radius 3 is 2.33 bits per heavy atom. The summed E-state index contributed by atoms with van der Waals surface area (Å²) in [5.74, 6) is 0. The molecule has 0 saturated carbocycles. The quantitative estimate of drug-likeness (QED) is 0.636. The highest BCUT2D eigenvalue weighted by Gasteiger charge is 2.45. The van der Waals surface area contributed by atoms with Crippen LogP contribution in [0.3, 0.4) is 0 Å². The van der Waals surface area contributed by atoms with Gasteiger partial charge in [0.15, 0.2) is 0 Å². The summed E-state index contributed by atoms with van der Waals surface area (Å²) in [6.45, 7) is 12.2. The van der Waals surface area contributed by atoms with Gasteiger partial charge in [-0.1, -0.05) is 11.6 Å². The van der Waals surface area contributed by atoms with Crippen LogP contribution in [0.1, 0.15) is 41.0 Å². The maximum Gasteiger partial charge on any atom is 0.220 e. The van der Waals surface area contributed by atoms with Crippen molar-refractivity contribution in [2.24, 2.45) is 0 Å². The molecule has 2 rings (SSSR count). The van der Waals surface area contributed by atoms with Crippen LogP contribution in [-0.2, 0) is 10.0 Å². The molecule has 0 aromatic heterocycles. The number of hydrogen-bond donors (Lipinski definition) is 1. The Balaban J connectivity index is 2.05. The Bertz CT molecular complexity index is 514. The lowest BCUT2D eigenvalue weighted by Gasteiger charge is -2.49. The molecule has 122 valence electrons. The van der Waals surface area contributed by atoms with E-state index in [1.807, 2.05) is 19.9 Å². The van der Waals surface area contributed by atoms with E-state index in [0.717, 1.165) is 6.42 Å². The molecule has 21 heavy (non-hydrogen) atoms. The lowest BCUT2D eigenvalue weighted by atomic mass is 10.0. The van der Waals surface area contributed by atoms with E-state index in [2.05, 4.69) is 38.3 Å². The Kier molecular flexibility index (Phi) is 4.84. The standard InChI is InChI=1S/C15H28N2O2S2/c1-11-8-13(12(2)20)6-7-17(11)21(18,19)14-9-16(10-14)15(3,4)5/h6,11-12,14,20H,7-10H2,1-5H3. The molecule has 2 atom stereocenters. The molecule has 0 N–H and O–H groups in total. The van der Waals surface area contributed by atoms with Crippen LogP contribution in [0.25, 0.3) is 0 Å². The lowest BCUT2D eigenvalue weighted by Crippen LogP contribution is -2.64. The van der Waals surface area contributed by atoms with Crippen molar-refractivity contribution in [3.63, 3.8) is 0 Å². The average Bonchev–Trinajstić information content (AvgIpc) is 2.23. The van der Waals surface area contributed by atoms with Crippen molar-refractivity contribution < 1.29 is 8.42 Å². The third-order valence-corrected chi connectivity index (χ3v) is 7.27. The Morgan fingerprint density at radius 2 is 1.90 bits per heavy atom. The van der Waals surface area contributed by atoms with Crippen LogP contribution < -0.4 is 0 Å². The predicted octanol–water partition coefficient (Wildman–Crippen LogP) is 2.14. The molecule has 0 spiro atoms. The van der Waals surface area contributed by atoms with Crippen molar-refractivity contribution >= 4 is 22.7 Å². The molecule has 0 amide bonds. The second-order valence-electron chi connectivity index (χ2n) is 7.32. The number of likely N-dealkylation sites (tertiary alicyclic amines) is 1. The molecule has 0 radical (unpaired) electrons. The molecule has 2 aliphatic rings. The van der Waals surface area contributed by atoms with Gasteiger partial charge in [0.2, 0.25) is 10.0 Å². The fourth-order valence-electron chi connectivity index (χ4n) is 2.97. The number of nitrogens with zero attached hydrogens (tertiary/aromatic N) is 2. The van der Waals surface area contributed by atoms with E-state index < -0.39 is 10.0 Å². The third kappa shape index (κ3) is 3.49. The molecule has 2 aliphatic heterocycles. The molecule has 6 heteroatoms. The molecule has 0 aromatic rings. The van der Waals surface area contributed by atoms with Crippen LogP contribution >= 0.6 is 12.6 Å². The second-order valence-corrected chi connectivity index (χ2v) is 10.3. The van der Waals surface area contributed by atoms with Crippen molar-refractivity contribution in [2.45, 2.75) is 63.1 Å². The van der Waals surface area contributed by atoms with Gasteiger partial charge in [0.05, 0.1) is 0 Å². The van der Waals surface area contributed by atoms with Crippen LogP contribution in [-0.4, -0.2) is 59.3 Å². The molecule has 1 saturated heterocycles. The first-order chi connectivity index (χ1) is 9.53. The molecule has 2 heterocycles. The highest BCUT2D eigenvalue weighted by Crippen LogP contribution is 2.31.